The van der Waals surface area contributed by atoms with E-state index in [1.807, 2.05) is 11.6 Å². The summed E-state index contributed by atoms with van der Waals surface area (Å²) in [6.45, 7) is 0.398. The lowest BCUT2D eigenvalue weighted by Gasteiger charge is -2.07. The van der Waals surface area contributed by atoms with Crippen molar-refractivity contribution in [3.8, 4) is 0 Å². The number of rotatable bonds is 5. The van der Waals surface area contributed by atoms with Gasteiger partial charge in [0.15, 0.2) is 5.16 Å². The average molecular weight is 265 g/mol. The fraction of sp³-hybridized carbons (Fsp3) is 0.778. The summed E-state index contributed by atoms with van der Waals surface area (Å²) in [5, 5.41) is 18.5. The van der Waals surface area contributed by atoms with Gasteiger partial charge in [-0.2, -0.15) is 0 Å². The molecule has 1 aliphatic carbocycles. The van der Waals surface area contributed by atoms with E-state index in [0.717, 1.165) is 23.8 Å². The number of aromatic nitrogens is 3. The van der Waals surface area contributed by atoms with Crippen LogP contribution in [0.5, 0.6) is 0 Å². The highest BCUT2D eigenvalue weighted by molar-refractivity contribution is 7.99. The molecule has 92 valence electrons. The molecule has 3 N–H and O–H groups in total. The van der Waals surface area contributed by atoms with E-state index in [-0.39, 0.29) is 18.5 Å². The van der Waals surface area contributed by atoms with Gasteiger partial charge in [0.25, 0.3) is 0 Å². The molecule has 7 heteroatoms. The molecule has 1 saturated carbocycles. The minimum Gasteiger partial charge on any atom is -0.392 e. The van der Waals surface area contributed by atoms with Crippen LogP contribution in [0, 0.1) is 5.92 Å². The molecule has 0 spiro atoms. The van der Waals surface area contributed by atoms with E-state index in [4.69, 9.17) is 5.73 Å². The van der Waals surface area contributed by atoms with Gasteiger partial charge in [0.2, 0.25) is 0 Å². The Kier molecular flexibility index (Phi) is 5.04. The summed E-state index contributed by atoms with van der Waals surface area (Å²) in [4.78, 5) is 0. The van der Waals surface area contributed by atoms with Gasteiger partial charge in [0.05, 0.1) is 12.6 Å². The zero-order valence-corrected chi connectivity index (χ0v) is 10.8. The first kappa shape index (κ1) is 13.8. The standard InChI is InChI=1S/C9H16N4OS.ClH/c1-13-8(4-10)11-12-9(13)15-5-7(14)6-2-3-6;/h6-7,14H,2-5,10H2,1H3;1H. The molecule has 0 bridgehead atoms. The quantitative estimate of drug-likeness (QED) is 0.760. The zero-order chi connectivity index (χ0) is 10.8. The van der Waals surface area contributed by atoms with Gasteiger partial charge in [-0.25, -0.2) is 0 Å². The van der Waals surface area contributed by atoms with Crippen LogP contribution in [-0.2, 0) is 13.6 Å². The SMILES string of the molecule is Cl.Cn1c(CN)nnc1SCC(O)C1CC1. The second kappa shape index (κ2) is 5.86. The van der Waals surface area contributed by atoms with Crippen LogP contribution < -0.4 is 5.73 Å². The van der Waals surface area contributed by atoms with Crippen LogP contribution in [-0.4, -0.2) is 31.7 Å². The first-order valence-electron chi connectivity index (χ1n) is 5.11. The lowest BCUT2D eigenvalue weighted by molar-refractivity contribution is 0.176. The summed E-state index contributed by atoms with van der Waals surface area (Å²) in [6, 6.07) is 0. The Labute approximate surface area is 105 Å². The van der Waals surface area contributed by atoms with Gasteiger partial charge < -0.3 is 15.4 Å². The number of halogens is 1. The molecule has 16 heavy (non-hydrogen) atoms. The topological polar surface area (TPSA) is 77.0 Å². The lowest BCUT2D eigenvalue weighted by Crippen LogP contribution is -2.13. The maximum atomic E-state index is 9.70. The summed E-state index contributed by atoms with van der Waals surface area (Å²) < 4.78 is 1.88. The molecular formula is C9H17ClN4OS. The molecule has 2 rings (SSSR count). The minimum atomic E-state index is -0.201. The van der Waals surface area contributed by atoms with Gasteiger partial charge in [0, 0.05) is 12.8 Å². The van der Waals surface area contributed by atoms with E-state index in [2.05, 4.69) is 10.2 Å². The zero-order valence-electron chi connectivity index (χ0n) is 9.17. The predicted octanol–water partition coefficient (Wildman–Crippen LogP) is 0.559. The highest BCUT2D eigenvalue weighted by Gasteiger charge is 2.29. The smallest absolute Gasteiger partial charge is 0.191 e. The Bertz CT molecular complexity index is 342. The molecule has 0 aromatic carbocycles. The van der Waals surface area contributed by atoms with E-state index in [0.29, 0.717) is 18.2 Å². The summed E-state index contributed by atoms with van der Waals surface area (Å²) >= 11 is 1.54. The van der Waals surface area contributed by atoms with Crippen molar-refractivity contribution in [1.82, 2.24) is 14.8 Å². The fourth-order valence-corrected chi connectivity index (χ4v) is 2.42. The van der Waals surface area contributed by atoms with Crippen molar-refractivity contribution in [3.63, 3.8) is 0 Å². The molecule has 1 aromatic heterocycles. The van der Waals surface area contributed by atoms with Crippen LogP contribution >= 0.6 is 24.2 Å². The van der Waals surface area contributed by atoms with E-state index in [9.17, 15) is 5.11 Å². The Morgan fingerprint density at radius 2 is 2.25 bits per heavy atom. The molecule has 1 aromatic rings. The predicted molar refractivity (Wildman–Crippen MR) is 65.6 cm³/mol. The van der Waals surface area contributed by atoms with Gasteiger partial charge in [-0.3, -0.25) is 0 Å². The Morgan fingerprint density at radius 1 is 1.56 bits per heavy atom. The molecule has 0 amide bonds. The van der Waals surface area contributed by atoms with Gasteiger partial charge in [-0.15, -0.1) is 22.6 Å². The van der Waals surface area contributed by atoms with Gasteiger partial charge in [0.1, 0.15) is 5.82 Å². The largest absolute Gasteiger partial charge is 0.392 e. The number of aliphatic hydroxyl groups is 1. The molecule has 1 unspecified atom stereocenters. The second-order valence-electron chi connectivity index (χ2n) is 3.88. The van der Waals surface area contributed by atoms with E-state index in [1.54, 1.807) is 11.8 Å². The van der Waals surface area contributed by atoms with Crippen LogP contribution in [0.3, 0.4) is 0 Å². The Morgan fingerprint density at radius 3 is 2.75 bits per heavy atom. The minimum absolute atomic E-state index is 0. The molecule has 1 aliphatic rings. The summed E-state index contributed by atoms with van der Waals surface area (Å²) in [5.41, 5.74) is 5.50. The van der Waals surface area contributed by atoms with Gasteiger partial charge >= 0.3 is 0 Å². The fourth-order valence-electron chi connectivity index (χ4n) is 1.43. The lowest BCUT2D eigenvalue weighted by atomic mass is 10.3. The molecule has 5 nitrogen and oxygen atoms in total. The van der Waals surface area contributed by atoms with E-state index in [1.165, 1.54) is 0 Å². The highest BCUT2D eigenvalue weighted by Crippen LogP contribution is 2.34. The maximum absolute atomic E-state index is 9.70. The van der Waals surface area contributed by atoms with Crippen LogP contribution in [0.2, 0.25) is 0 Å². The molecule has 0 radical (unpaired) electrons. The Balaban J connectivity index is 0.00000128. The van der Waals surface area contributed by atoms with Crippen molar-refractivity contribution in [3.05, 3.63) is 5.82 Å². The molecule has 1 fully saturated rings. The third kappa shape index (κ3) is 3.10. The van der Waals surface area contributed by atoms with Crippen molar-refractivity contribution in [1.29, 1.82) is 0 Å². The highest BCUT2D eigenvalue weighted by atomic mass is 35.5. The maximum Gasteiger partial charge on any atom is 0.191 e. The van der Waals surface area contributed by atoms with Crippen molar-refractivity contribution < 1.29 is 5.11 Å². The second-order valence-corrected chi connectivity index (χ2v) is 4.86. The molecule has 1 atom stereocenters. The molecule has 0 saturated heterocycles. The van der Waals surface area contributed by atoms with Crippen molar-refractivity contribution in [2.75, 3.05) is 5.75 Å². The first-order chi connectivity index (χ1) is 7.22. The number of nitrogens with two attached hydrogens (primary N) is 1. The number of hydrogen-bond acceptors (Lipinski definition) is 5. The number of thioether (sulfide) groups is 1. The van der Waals surface area contributed by atoms with Crippen LogP contribution in [0.15, 0.2) is 5.16 Å². The number of hydrogen-bond donors (Lipinski definition) is 2. The van der Waals surface area contributed by atoms with Gasteiger partial charge in [-0.1, -0.05) is 11.8 Å². The van der Waals surface area contributed by atoms with E-state index < -0.39 is 0 Å². The number of aliphatic hydroxyl groups excluding tert-OH is 1. The van der Waals surface area contributed by atoms with Crippen molar-refractivity contribution in [2.24, 2.45) is 18.7 Å². The summed E-state index contributed by atoms with van der Waals surface area (Å²) in [7, 11) is 1.90. The third-order valence-corrected chi connectivity index (χ3v) is 3.78. The number of nitrogens with zero attached hydrogens (tertiary/aromatic N) is 3. The molecule has 1 heterocycles. The van der Waals surface area contributed by atoms with Crippen LogP contribution in [0.25, 0.3) is 0 Å². The Hall–Kier alpha value is -0.300. The summed E-state index contributed by atoms with van der Waals surface area (Å²) in [6.07, 6.45) is 2.12. The third-order valence-electron chi connectivity index (χ3n) is 2.66. The summed E-state index contributed by atoms with van der Waals surface area (Å²) in [5.74, 6) is 1.99. The van der Waals surface area contributed by atoms with Crippen LogP contribution in [0.4, 0.5) is 0 Å². The average Bonchev–Trinajstić information content (AvgIpc) is 3.01. The van der Waals surface area contributed by atoms with Crippen molar-refractivity contribution in [2.45, 2.75) is 30.6 Å². The van der Waals surface area contributed by atoms with Crippen molar-refractivity contribution >= 4 is 24.2 Å². The monoisotopic (exact) mass is 264 g/mol. The first-order valence-corrected chi connectivity index (χ1v) is 6.10. The van der Waals surface area contributed by atoms with E-state index >= 15 is 0 Å². The normalized spacial score (nSPS) is 16.9. The van der Waals surface area contributed by atoms with Gasteiger partial charge in [-0.05, 0) is 18.8 Å². The molecule has 0 aliphatic heterocycles. The molecular weight excluding hydrogens is 248 g/mol. The van der Waals surface area contributed by atoms with Crippen LogP contribution in [0.1, 0.15) is 18.7 Å².